The topological polar surface area (TPSA) is 66.0 Å². The van der Waals surface area contributed by atoms with Gasteiger partial charge in [0, 0.05) is 21.8 Å². The molecule has 6 nitrogen and oxygen atoms in total. The number of carbonyl (C=O) groups excluding carboxylic acids is 1. The van der Waals surface area contributed by atoms with Crippen LogP contribution in [0.5, 0.6) is 5.75 Å². The summed E-state index contributed by atoms with van der Waals surface area (Å²) in [5, 5.41) is 4.05. The van der Waals surface area contributed by atoms with Crippen LogP contribution in [0.3, 0.4) is 0 Å². The summed E-state index contributed by atoms with van der Waals surface area (Å²) in [6.07, 6.45) is 0.734. The summed E-state index contributed by atoms with van der Waals surface area (Å²) in [5.41, 5.74) is 2.40. The Kier molecular flexibility index (Phi) is 7.37. The van der Waals surface area contributed by atoms with E-state index < -0.39 is 12.1 Å². The summed E-state index contributed by atoms with van der Waals surface area (Å²) >= 11 is 6.43. The predicted molar refractivity (Wildman–Crippen MR) is 126 cm³/mol. The summed E-state index contributed by atoms with van der Waals surface area (Å²) < 4.78 is 22.1. The minimum atomic E-state index is -0.852. The van der Waals surface area contributed by atoms with Crippen molar-refractivity contribution in [3.63, 3.8) is 0 Å². The minimum Gasteiger partial charge on any atom is -0.474 e. The molecule has 33 heavy (non-hydrogen) atoms. The van der Waals surface area contributed by atoms with E-state index in [1.165, 1.54) is 0 Å². The summed E-state index contributed by atoms with van der Waals surface area (Å²) in [4.78, 5) is 12.5. The number of nitrogens with one attached hydrogen (secondary N) is 1. The first-order valence-corrected chi connectivity index (χ1v) is 11.0. The Morgan fingerprint density at radius 2 is 1.76 bits per heavy atom. The largest absolute Gasteiger partial charge is 0.474 e. The average Bonchev–Trinajstić information content (AvgIpc) is 3.38. The van der Waals surface area contributed by atoms with Crippen LogP contribution in [0.2, 0.25) is 5.02 Å². The monoisotopic (exact) mass is 465 g/mol. The molecule has 0 spiro atoms. The van der Waals surface area contributed by atoms with Gasteiger partial charge in [-0.05, 0) is 37.3 Å². The van der Waals surface area contributed by atoms with Gasteiger partial charge in [0.2, 0.25) is 12.9 Å². The van der Waals surface area contributed by atoms with Gasteiger partial charge in [-0.1, -0.05) is 60.1 Å². The van der Waals surface area contributed by atoms with Gasteiger partial charge in [0.05, 0.1) is 6.61 Å². The highest BCUT2D eigenvalue weighted by Crippen LogP contribution is 2.34. The highest BCUT2D eigenvalue weighted by Gasteiger charge is 2.25. The second-order valence-corrected chi connectivity index (χ2v) is 7.64. The number of carbonyl (C=O) groups is 1. The molecule has 1 N–H and O–H groups in total. The SMILES string of the molecule is CCOC(=O)C(Oc1ccc(NC(C2=COCO2)c2ccccc2Cl)cc1)c1ccccc1. The molecule has 1 heterocycles. The van der Waals surface area contributed by atoms with Crippen molar-refractivity contribution in [2.75, 3.05) is 18.7 Å². The zero-order valence-corrected chi connectivity index (χ0v) is 18.8. The molecular weight excluding hydrogens is 442 g/mol. The molecule has 4 rings (SSSR count). The minimum absolute atomic E-state index is 0.166. The third-order valence-corrected chi connectivity index (χ3v) is 5.36. The molecule has 3 aromatic carbocycles. The lowest BCUT2D eigenvalue weighted by Gasteiger charge is -2.22. The molecule has 2 atom stereocenters. The van der Waals surface area contributed by atoms with E-state index in [0.717, 1.165) is 16.8 Å². The van der Waals surface area contributed by atoms with Crippen LogP contribution in [0.15, 0.2) is 90.9 Å². The first-order valence-electron chi connectivity index (χ1n) is 10.6. The summed E-state index contributed by atoms with van der Waals surface area (Å²) in [7, 11) is 0. The first-order chi connectivity index (χ1) is 16.2. The maximum Gasteiger partial charge on any atom is 0.352 e. The van der Waals surface area contributed by atoms with E-state index in [2.05, 4.69) is 5.32 Å². The van der Waals surface area contributed by atoms with Gasteiger partial charge < -0.3 is 24.3 Å². The molecule has 7 heteroatoms. The Labute approximate surface area is 197 Å². The number of hydrogen-bond donors (Lipinski definition) is 1. The molecule has 170 valence electrons. The van der Waals surface area contributed by atoms with Crippen molar-refractivity contribution >= 4 is 23.3 Å². The lowest BCUT2D eigenvalue weighted by molar-refractivity contribution is -0.151. The summed E-state index contributed by atoms with van der Waals surface area (Å²) in [5.74, 6) is 0.737. The standard InChI is InChI=1S/C26H24ClNO5/c1-2-31-26(29)25(18-8-4-3-5-9-18)33-20-14-12-19(13-15-20)28-24(23-16-30-17-32-23)21-10-6-7-11-22(21)27/h3-16,24-25,28H,2,17H2,1H3. The third kappa shape index (κ3) is 5.59. The second-order valence-electron chi connectivity index (χ2n) is 7.23. The lowest BCUT2D eigenvalue weighted by Crippen LogP contribution is -2.21. The van der Waals surface area contributed by atoms with Crippen LogP contribution in [-0.2, 0) is 19.0 Å². The molecule has 1 aliphatic rings. The van der Waals surface area contributed by atoms with Gasteiger partial charge in [0.1, 0.15) is 18.1 Å². The molecule has 0 bridgehead atoms. The Hall–Kier alpha value is -3.64. The van der Waals surface area contributed by atoms with Crippen LogP contribution in [0.4, 0.5) is 5.69 Å². The van der Waals surface area contributed by atoms with Crippen molar-refractivity contribution in [1.29, 1.82) is 0 Å². The molecule has 0 radical (unpaired) electrons. The van der Waals surface area contributed by atoms with E-state index >= 15 is 0 Å². The van der Waals surface area contributed by atoms with Gasteiger partial charge in [0.15, 0.2) is 5.76 Å². The van der Waals surface area contributed by atoms with Crippen LogP contribution in [0, 0.1) is 0 Å². The Morgan fingerprint density at radius 1 is 1.03 bits per heavy atom. The third-order valence-electron chi connectivity index (χ3n) is 5.02. The van der Waals surface area contributed by atoms with Crippen molar-refractivity contribution < 1.29 is 23.7 Å². The van der Waals surface area contributed by atoms with Gasteiger partial charge in [-0.2, -0.15) is 0 Å². The van der Waals surface area contributed by atoms with E-state index in [1.807, 2.05) is 66.7 Å². The molecule has 2 unspecified atom stereocenters. The molecular formula is C26H24ClNO5. The molecule has 0 saturated carbocycles. The number of anilines is 1. The molecule has 0 aliphatic carbocycles. The van der Waals surface area contributed by atoms with Gasteiger partial charge in [-0.15, -0.1) is 0 Å². The van der Waals surface area contributed by atoms with Crippen LogP contribution < -0.4 is 10.1 Å². The Morgan fingerprint density at radius 3 is 2.42 bits per heavy atom. The number of esters is 1. The van der Waals surface area contributed by atoms with Gasteiger partial charge in [-0.3, -0.25) is 0 Å². The maximum absolute atomic E-state index is 12.5. The number of ether oxygens (including phenoxy) is 4. The zero-order valence-electron chi connectivity index (χ0n) is 18.1. The van der Waals surface area contributed by atoms with E-state index in [4.69, 9.17) is 30.5 Å². The number of hydrogen-bond acceptors (Lipinski definition) is 6. The van der Waals surface area contributed by atoms with Gasteiger partial charge in [-0.25, -0.2) is 4.79 Å². The fourth-order valence-corrected chi connectivity index (χ4v) is 3.69. The fraction of sp³-hybridized carbons (Fsp3) is 0.192. The van der Waals surface area contributed by atoms with Crippen LogP contribution in [0.25, 0.3) is 0 Å². The molecule has 0 saturated heterocycles. The molecule has 0 aromatic heterocycles. The van der Waals surface area contributed by atoms with Gasteiger partial charge >= 0.3 is 5.97 Å². The van der Waals surface area contributed by atoms with E-state index in [-0.39, 0.29) is 19.4 Å². The van der Waals surface area contributed by atoms with Crippen LogP contribution in [-0.4, -0.2) is 19.4 Å². The van der Waals surface area contributed by atoms with Crippen LogP contribution in [0.1, 0.15) is 30.2 Å². The van der Waals surface area contributed by atoms with Gasteiger partial charge in [0.25, 0.3) is 0 Å². The van der Waals surface area contributed by atoms with Crippen molar-refractivity contribution in [1.82, 2.24) is 0 Å². The summed E-state index contributed by atoms with van der Waals surface area (Å²) in [6, 6.07) is 23.8. The lowest BCUT2D eigenvalue weighted by atomic mass is 10.0. The Bertz CT molecular complexity index is 1100. The van der Waals surface area contributed by atoms with Crippen molar-refractivity contribution in [3.05, 3.63) is 107 Å². The quantitative estimate of drug-likeness (QED) is 0.390. The Balaban J connectivity index is 1.53. The molecule has 3 aromatic rings. The number of benzene rings is 3. The fourth-order valence-electron chi connectivity index (χ4n) is 3.45. The zero-order chi connectivity index (χ0) is 23.0. The number of halogens is 1. The maximum atomic E-state index is 12.5. The van der Waals surface area contributed by atoms with Crippen molar-refractivity contribution in [2.45, 2.75) is 19.1 Å². The highest BCUT2D eigenvalue weighted by atomic mass is 35.5. The molecule has 0 amide bonds. The molecule has 0 fully saturated rings. The molecule has 1 aliphatic heterocycles. The highest BCUT2D eigenvalue weighted by molar-refractivity contribution is 6.31. The predicted octanol–water partition coefficient (Wildman–Crippen LogP) is 6.02. The first kappa shape index (κ1) is 22.6. The van der Waals surface area contributed by atoms with Crippen molar-refractivity contribution in [2.24, 2.45) is 0 Å². The van der Waals surface area contributed by atoms with E-state index in [1.54, 1.807) is 25.3 Å². The van der Waals surface area contributed by atoms with Crippen molar-refractivity contribution in [3.8, 4) is 5.75 Å². The summed E-state index contributed by atoms with van der Waals surface area (Å²) in [6.45, 7) is 2.21. The average molecular weight is 466 g/mol. The number of rotatable bonds is 9. The normalized spacial score (nSPS) is 14.3. The smallest absolute Gasteiger partial charge is 0.352 e. The van der Waals surface area contributed by atoms with E-state index in [9.17, 15) is 4.79 Å². The van der Waals surface area contributed by atoms with Crippen LogP contribution >= 0.6 is 11.6 Å². The van der Waals surface area contributed by atoms with E-state index in [0.29, 0.717) is 16.5 Å². The second kappa shape index (κ2) is 10.8.